The van der Waals surface area contributed by atoms with Crippen molar-refractivity contribution in [1.29, 1.82) is 0 Å². The Kier molecular flexibility index (Phi) is 5.95. The van der Waals surface area contributed by atoms with Gasteiger partial charge >= 0.3 is 5.56 Å². The molecule has 2 fully saturated rings. The van der Waals surface area contributed by atoms with Crippen LogP contribution >= 0.6 is 0 Å². The molecule has 0 unspecified atom stereocenters. The lowest BCUT2D eigenvalue weighted by Gasteiger charge is -2.35. The highest BCUT2D eigenvalue weighted by molar-refractivity contribution is 7.86. The molecule has 1 aromatic carbocycles. The molecule has 31 heavy (non-hydrogen) atoms. The fourth-order valence-electron chi connectivity index (χ4n) is 3.97. The van der Waals surface area contributed by atoms with Gasteiger partial charge in [0.05, 0.1) is 18.0 Å². The van der Waals surface area contributed by atoms with Crippen molar-refractivity contribution in [3.8, 4) is 11.4 Å². The van der Waals surface area contributed by atoms with Crippen molar-refractivity contribution in [2.24, 2.45) is 5.14 Å². The number of halogens is 2. The monoisotopic (exact) mass is 455 g/mol. The number of hydrogen-bond donors (Lipinski definition) is 1. The molecule has 4 rings (SSSR count). The third-order valence-corrected chi connectivity index (χ3v) is 6.62. The molecule has 2 N–H and O–H groups in total. The number of rotatable bonds is 5. The molecule has 2 aromatic rings. The van der Waals surface area contributed by atoms with E-state index in [9.17, 15) is 22.0 Å². The molecule has 1 aliphatic heterocycles. The quantitative estimate of drug-likeness (QED) is 0.724. The molecule has 168 valence electrons. The second kappa shape index (κ2) is 8.52. The minimum atomic E-state index is -3.80. The van der Waals surface area contributed by atoms with E-state index in [2.05, 4.69) is 5.10 Å². The Labute approximate surface area is 178 Å². The van der Waals surface area contributed by atoms with Gasteiger partial charge in [-0.25, -0.2) is 13.9 Å². The highest BCUT2D eigenvalue weighted by Gasteiger charge is 2.29. The molecule has 1 aromatic heterocycles. The summed E-state index contributed by atoms with van der Waals surface area (Å²) in [6, 6.07) is 2.74. The SMILES string of the molecule is NS(=O)(=O)N1CCN(c2cnn(-c3cc(F)cc(F)c3)c(=O)c2OC2CCCC2)CC1. The smallest absolute Gasteiger partial charge is 0.316 e. The molecule has 0 amide bonds. The van der Waals surface area contributed by atoms with Crippen molar-refractivity contribution in [2.45, 2.75) is 31.8 Å². The largest absolute Gasteiger partial charge is 0.483 e. The van der Waals surface area contributed by atoms with Crippen LogP contribution in [-0.4, -0.2) is 54.8 Å². The van der Waals surface area contributed by atoms with Crippen LogP contribution < -0.4 is 20.3 Å². The molecular formula is C19H23F2N5O4S. The van der Waals surface area contributed by atoms with Crippen LogP contribution in [-0.2, 0) is 10.2 Å². The van der Waals surface area contributed by atoms with E-state index in [0.717, 1.165) is 46.8 Å². The van der Waals surface area contributed by atoms with E-state index < -0.39 is 27.4 Å². The van der Waals surface area contributed by atoms with E-state index in [1.54, 1.807) is 4.90 Å². The van der Waals surface area contributed by atoms with Gasteiger partial charge in [-0.05, 0) is 37.8 Å². The number of hydrogen-bond acceptors (Lipinski definition) is 6. The summed E-state index contributed by atoms with van der Waals surface area (Å²) in [6.45, 7) is 0.883. The minimum absolute atomic E-state index is 0.0376. The predicted molar refractivity (Wildman–Crippen MR) is 110 cm³/mol. The number of anilines is 1. The Morgan fingerprint density at radius 1 is 1.03 bits per heavy atom. The highest BCUT2D eigenvalue weighted by Crippen LogP contribution is 2.30. The lowest BCUT2D eigenvalue weighted by atomic mass is 10.2. The Balaban J connectivity index is 1.71. The van der Waals surface area contributed by atoms with Gasteiger partial charge in [0, 0.05) is 32.2 Å². The molecule has 0 atom stereocenters. The first-order valence-electron chi connectivity index (χ1n) is 10.0. The first kappa shape index (κ1) is 21.7. The normalized spacial score (nSPS) is 18.5. The van der Waals surface area contributed by atoms with Gasteiger partial charge in [-0.1, -0.05) is 0 Å². The maximum absolute atomic E-state index is 13.7. The number of benzene rings is 1. The lowest BCUT2D eigenvalue weighted by Crippen LogP contribution is -2.51. The van der Waals surface area contributed by atoms with Crippen LogP contribution in [0.15, 0.2) is 29.2 Å². The Bertz CT molecular complexity index is 1110. The van der Waals surface area contributed by atoms with E-state index in [0.29, 0.717) is 11.8 Å². The zero-order chi connectivity index (χ0) is 22.2. The molecule has 1 aliphatic carbocycles. The summed E-state index contributed by atoms with van der Waals surface area (Å²) in [5.41, 5.74) is -0.272. The summed E-state index contributed by atoms with van der Waals surface area (Å²) in [7, 11) is -3.80. The van der Waals surface area contributed by atoms with Crippen molar-refractivity contribution in [1.82, 2.24) is 14.1 Å². The number of piperazine rings is 1. The van der Waals surface area contributed by atoms with Crippen LogP contribution in [0.4, 0.5) is 14.5 Å². The van der Waals surface area contributed by atoms with Gasteiger partial charge in [0.2, 0.25) is 5.75 Å². The number of nitrogens with zero attached hydrogens (tertiary/aromatic N) is 4. The van der Waals surface area contributed by atoms with Crippen LogP contribution in [0.25, 0.3) is 5.69 Å². The summed E-state index contributed by atoms with van der Waals surface area (Å²) in [6.07, 6.45) is 4.84. The van der Waals surface area contributed by atoms with Gasteiger partial charge in [-0.2, -0.15) is 22.5 Å². The second-order valence-electron chi connectivity index (χ2n) is 7.66. The maximum Gasteiger partial charge on any atom is 0.316 e. The van der Waals surface area contributed by atoms with Crippen molar-refractivity contribution in [2.75, 3.05) is 31.1 Å². The molecule has 0 spiro atoms. The average Bonchev–Trinajstić information content (AvgIpc) is 3.21. The fraction of sp³-hybridized carbons (Fsp3) is 0.474. The maximum atomic E-state index is 13.7. The van der Waals surface area contributed by atoms with Crippen molar-refractivity contribution in [3.05, 3.63) is 46.4 Å². The zero-order valence-electron chi connectivity index (χ0n) is 16.7. The van der Waals surface area contributed by atoms with Gasteiger partial charge in [0.25, 0.3) is 10.2 Å². The number of aromatic nitrogens is 2. The Hall–Kier alpha value is -2.57. The third kappa shape index (κ3) is 4.70. The van der Waals surface area contributed by atoms with E-state index in [1.807, 2.05) is 0 Å². The van der Waals surface area contributed by atoms with Gasteiger partial charge in [-0.3, -0.25) is 4.79 Å². The molecule has 0 bridgehead atoms. The van der Waals surface area contributed by atoms with Gasteiger partial charge in [-0.15, -0.1) is 0 Å². The molecule has 2 aliphatic rings. The van der Waals surface area contributed by atoms with E-state index in [-0.39, 0.29) is 43.7 Å². The van der Waals surface area contributed by atoms with E-state index in [1.165, 1.54) is 6.20 Å². The first-order valence-corrected chi connectivity index (χ1v) is 11.5. The summed E-state index contributed by atoms with van der Waals surface area (Å²) in [5, 5.41) is 9.30. The van der Waals surface area contributed by atoms with E-state index in [4.69, 9.17) is 9.88 Å². The molecule has 1 saturated heterocycles. The molecule has 2 heterocycles. The number of ether oxygens (including phenoxy) is 1. The molecular weight excluding hydrogens is 432 g/mol. The minimum Gasteiger partial charge on any atom is -0.483 e. The Morgan fingerprint density at radius 2 is 1.65 bits per heavy atom. The predicted octanol–water partition coefficient (Wildman–Crippen LogP) is 1.16. The molecule has 1 saturated carbocycles. The standard InChI is InChI=1S/C19H23F2N5O4S/c20-13-9-14(21)11-15(10-13)26-19(27)18(30-16-3-1-2-4-16)17(12-23-26)24-5-7-25(8-6-24)31(22,28)29/h9-12,16H,1-8H2,(H2,22,28,29). The van der Waals surface area contributed by atoms with Crippen molar-refractivity contribution < 1.29 is 21.9 Å². The summed E-state index contributed by atoms with van der Waals surface area (Å²) in [5.74, 6) is -1.62. The van der Waals surface area contributed by atoms with Gasteiger partial charge < -0.3 is 9.64 Å². The summed E-state index contributed by atoms with van der Waals surface area (Å²) < 4.78 is 58.6. The first-order chi connectivity index (χ1) is 14.7. The molecule has 12 heteroatoms. The van der Waals surface area contributed by atoms with Crippen LogP contribution in [0.5, 0.6) is 5.75 Å². The highest BCUT2D eigenvalue weighted by atomic mass is 32.2. The second-order valence-corrected chi connectivity index (χ2v) is 9.21. The molecule has 9 nitrogen and oxygen atoms in total. The lowest BCUT2D eigenvalue weighted by molar-refractivity contribution is 0.205. The van der Waals surface area contributed by atoms with Crippen LogP contribution in [0.2, 0.25) is 0 Å². The summed E-state index contributed by atoms with van der Waals surface area (Å²) in [4.78, 5) is 15.0. The summed E-state index contributed by atoms with van der Waals surface area (Å²) >= 11 is 0. The zero-order valence-corrected chi connectivity index (χ0v) is 17.5. The fourth-order valence-corrected chi connectivity index (χ4v) is 4.64. The van der Waals surface area contributed by atoms with Crippen LogP contribution in [0.1, 0.15) is 25.7 Å². The van der Waals surface area contributed by atoms with Crippen molar-refractivity contribution in [3.63, 3.8) is 0 Å². The average molecular weight is 455 g/mol. The Morgan fingerprint density at radius 3 is 2.23 bits per heavy atom. The van der Waals surface area contributed by atoms with Crippen LogP contribution in [0, 0.1) is 11.6 Å². The topological polar surface area (TPSA) is 111 Å². The molecule has 0 radical (unpaired) electrons. The van der Waals surface area contributed by atoms with Crippen molar-refractivity contribution >= 4 is 15.9 Å². The van der Waals surface area contributed by atoms with Crippen LogP contribution in [0.3, 0.4) is 0 Å². The van der Waals surface area contributed by atoms with Gasteiger partial charge in [0.15, 0.2) is 0 Å². The number of nitrogens with two attached hydrogens (primary N) is 1. The third-order valence-electron chi connectivity index (χ3n) is 5.53. The van der Waals surface area contributed by atoms with Gasteiger partial charge in [0.1, 0.15) is 17.3 Å². The van der Waals surface area contributed by atoms with E-state index >= 15 is 0 Å².